The molecule has 0 bridgehead atoms. The molecule has 6 heteroatoms. The summed E-state index contributed by atoms with van der Waals surface area (Å²) in [7, 11) is 0. The van der Waals surface area contributed by atoms with Gasteiger partial charge >= 0.3 is 0 Å². The molecule has 0 aromatic heterocycles. The number of aliphatic hydroxyl groups is 1. The lowest BCUT2D eigenvalue weighted by Crippen LogP contribution is -2.51. The fourth-order valence-electron chi connectivity index (χ4n) is 3.07. The molecule has 0 radical (unpaired) electrons. The molecule has 0 atom stereocenters. The van der Waals surface area contributed by atoms with Gasteiger partial charge in [-0.1, -0.05) is 30.3 Å². The Morgan fingerprint density at radius 1 is 1.12 bits per heavy atom. The summed E-state index contributed by atoms with van der Waals surface area (Å²) < 4.78 is 0. The number of hydrogen-bond donors (Lipinski definition) is 2. The Hall–Kier alpha value is -2.44. The number of carbonyl (C=O) groups is 1. The van der Waals surface area contributed by atoms with Crippen LogP contribution in [0.25, 0.3) is 10.8 Å². The molecule has 132 valence electrons. The standard InChI is InChI=1S/C19H24N4O2/c1-15(25)19(23-10-8-22(9-11-23)12-13-24)21-20-18-7-6-16-4-2-3-5-17(16)14-18/h2-7,14,20,24H,8-13H2,1H3. The van der Waals surface area contributed by atoms with E-state index < -0.39 is 0 Å². The van der Waals surface area contributed by atoms with Gasteiger partial charge < -0.3 is 10.0 Å². The van der Waals surface area contributed by atoms with E-state index in [1.807, 2.05) is 35.2 Å². The molecule has 3 rings (SSSR count). The number of hydrogen-bond acceptors (Lipinski definition) is 5. The normalized spacial score (nSPS) is 16.2. The van der Waals surface area contributed by atoms with Crippen molar-refractivity contribution in [3.05, 3.63) is 42.5 Å². The number of nitrogens with zero attached hydrogens (tertiary/aromatic N) is 3. The molecule has 2 N–H and O–H groups in total. The van der Waals surface area contributed by atoms with Crippen molar-refractivity contribution in [1.82, 2.24) is 9.80 Å². The highest BCUT2D eigenvalue weighted by Gasteiger charge is 2.22. The predicted octanol–water partition coefficient (Wildman–Crippen LogP) is 1.76. The fraction of sp³-hybridized carbons (Fsp3) is 0.368. The van der Waals surface area contributed by atoms with Crippen molar-refractivity contribution >= 4 is 28.1 Å². The summed E-state index contributed by atoms with van der Waals surface area (Å²) >= 11 is 0. The van der Waals surface area contributed by atoms with Crippen molar-refractivity contribution in [2.24, 2.45) is 5.10 Å². The van der Waals surface area contributed by atoms with Crippen LogP contribution >= 0.6 is 0 Å². The number of piperazine rings is 1. The van der Waals surface area contributed by atoms with E-state index in [0.717, 1.165) is 37.3 Å². The van der Waals surface area contributed by atoms with Crippen molar-refractivity contribution < 1.29 is 9.90 Å². The zero-order valence-electron chi connectivity index (χ0n) is 14.5. The van der Waals surface area contributed by atoms with Crippen molar-refractivity contribution in [1.29, 1.82) is 0 Å². The smallest absolute Gasteiger partial charge is 0.196 e. The molecular weight excluding hydrogens is 316 g/mol. The quantitative estimate of drug-likeness (QED) is 0.493. The molecule has 1 saturated heterocycles. The van der Waals surface area contributed by atoms with Gasteiger partial charge in [0.25, 0.3) is 0 Å². The van der Waals surface area contributed by atoms with Gasteiger partial charge in [-0.2, -0.15) is 5.10 Å². The molecule has 0 unspecified atom stereocenters. The topological polar surface area (TPSA) is 68.2 Å². The molecule has 1 heterocycles. The lowest BCUT2D eigenvalue weighted by molar-refractivity contribution is -0.111. The van der Waals surface area contributed by atoms with Gasteiger partial charge in [0.15, 0.2) is 11.6 Å². The third-order valence-electron chi connectivity index (χ3n) is 4.44. The van der Waals surface area contributed by atoms with Crippen molar-refractivity contribution in [2.45, 2.75) is 6.92 Å². The van der Waals surface area contributed by atoms with E-state index in [1.165, 1.54) is 5.39 Å². The number of fused-ring (bicyclic) bond motifs is 1. The van der Waals surface area contributed by atoms with Crippen LogP contribution in [-0.4, -0.2) is 65.9 Å². The van der Waals surface area contributed by atoms with Crippen LogP contribution in [0.15, 0.2) is 47.6 Å². The second-order valence-electron chi connectivity index (χ2n) is 6.22. The maximum absolute atomic E-state index is 12.0. The molecule has 2 aromatic carbocycles. The van der Waals surface area contributed by atoms with Crippen LogP contribution in [0.3, 0.4) is 0 Å². The van der Waals surface area contributed by atoms with E-state index in [2.05, 4.69) is 27.6 Å². The Labute approximate surface area is 147 Å². The zero-order chi connectivity index (χ0) is 17.6. The van der Waals surface area contributed by atoms with E-state index in [0.29, 0.717) is 12.4 Å². The number of rotatable bonds is 5. The lowest BCUT2D eigenvalue weighted by atomic mass is 10.1. The monoisotopic (exact) mass is 340 g/mol. The highest BCUT2D eigenvalue weighted by Crippen LogP contribution is 2.19. The minimum atomic E-state index is -0.0519. The fourth-order valence-corrected chi connectivity index (χ4v) is 3.07. The molecule has 0 saturated carbocycles. The molecule has 6 nitrogen and oxygen atoms in total. The maximum Gasteiger partial charge on any atom is 0.196 e. The number of amidine groups is 1. The van der Waals surface area contributed by atoms with Gasteiger partial charge in [-0.15, -0.1) is 0 Å². The van der Waals surface area contributed by atoms with E-state index >= 15 is 0 Å². The van der Waals surface area contributed by atoms with Crippen LogP contribution in [-0.2, 0) is 4.79 Å². The van der Waals surface area contributed by atoms with Gasteiger partial charge in [0.05, 0.1) is 12.3 Å². The minimum absolute atomic E-state index is 0.0519. The summed E-state index contributed by atoms with van der Waals surface area (Å²) in [6, 6.07) is 14.2. The van der Waals surface area contributed by atoms with Crippen LogP contribution < -0.4 is 5.43 Å². The second-order valence-corrected chi connectivity index (χ2v) is 6.22. The number of benzene rings is 2. The van der Waals surface area contributed by atoms with Crippen LogP contribution in [0.5, 0.6) is 0 Å². The molecule has 0 aliphatic carbocycles. The highest BCUT2D eigenvalue weighted by molar-refractivity contribution is 6.37. The Morgan fingerprint density at radius 2 is 1.84 bits per heavy atom. The number of nitrogens with one attached hydrogen (secondary N) is 1. The zero-order valence-corrected chi connectivity index (χ0v) is 14.5. The van der Waals surface area contributed by atoms with Crippen molar-refractivity contribution in [3.8, 4) is 0 Å². The Kier molecular flexibility index (Phi) is 5.63. The van der Waals surface area contributed by atoms with Gasteiger partial charge in [-0.05, 0) is 22.9 Å². The summed E-state index contributed by atoms with van der Waals surface area (Å²) in [5.74, 6) is 0.403. The van der Waals surface area contributed by atoms with Gasteiger partial charge in [0.1, 0.15) is 0 Å². The third kappa shape index (κ3) is 4.35. The molecule has 1 aliphatic rings. The van der Waals surface area contributed by atoms with Crippen LogP contribution in [0.1, 0.15) is 6.92 Å². The minimum Gasteiger partial charge on any atom is -0.395 e. The van der Waals surface area contributed by atoms with Crippen LogP contribution in [0.2, 0.25) is 0 Å². The second kappa shape index (κ2) is 8.09. The summed E-state index contributed by atoms with van der Waals surface area (Å²) in [4.78, 5) is 16.2. The first-order valence-electron chi connectivity index (χ1n) is 8.59. The number of Topliss-reactive ketones (excluding diaryl/α,β-unsaturated/α-hetero) is 1. The summed E-state index contributed by atoms with van der Waals surface area (Å²) in [5, 5.41) is 15.7. The summed E-state index contributed by atoms with van der Waals surface area (Å²) in [5.41, 5.74) is 3.88. The number of carbonyl (C=O) groups excluding carboxylic acids is 1. The predicted molar refractivity (Wildman–Crippen MR) is 101 cm³/mol. The highest BCUT2D eigenvalue weighted by atomic mass is 16.3. The first-order chi connectivity index (χ1) is 12.2. The SMILES string of the molecule is CC(=O)C(=NNc1ccc2ccccc2c1)N1CCN(CCO)CC1. The third-order valence-corrected chi connectivity index (χ3v) is 4.44. The first kappa shape index (κ1) is 17.4. The van der Waals surface area contributed by atoms with E-state index in [1.54, 1.807) is 6.92 Å². The maximum atomic E-state index is 12.0. The van der Waals surface area contributed by atoms with E-state index in [-0.39, 0.29) is 12.4 Å². The Balaban J connectivity index is 1.70. The summed E-state index contributed by atoms with van der Waals surface area (Å²) in [6.07, 6.45) is 0. The molecule has 2 aromatic rings. The molecule has 25 heavy (non-hydrogen) atoms. The van der Waals surface area contributed by atoms with E-state index in [4.69, 9.17) is 5.11 Å². The average molecular weight is 340 g/mol. The van der Waals surface area contributed by atoms with Gasteiger partial charge in [-0.25, -0.2) is 0 Å². The van der Waals surface area contributed by atoms with Crippen LogP contribution in [0, 0.1) is 0 Å². The van der Waals surface area contributed by atoms with Gasteiger partial charge in [0, 0.05) is 39.6 Å². The van der Waals surface area contributed by atoms with E-state index in [9.17, 15) is 4.79 Å². The van der Waals surface area contributed by atoms with Crippen LogP contribution in [0.4, 0.5) is 5.69 Å². The average Bonchev–Trinajstić information content (AvgIpc) is 2.63. The Morgan fingerprint density at radius 3 is 2.52 bits per heavy atom. The molecule has 0 amide bonds. The first-order valence-corrected chi connectivity index (χ1v) is 8.59. The van der Waals surface area contributed by atoms with Crippen molar-refractivity contribution in [3.63, 3.8) is 0 Å². The number of hydrazone groups is 1. The molecule has 1 fully saturated rings. The number of anilines is 1. The lowest BCUT2D eigenvalue weighted by Gasteiger charge is -2.35. The molecule has 0 spiro atoms. The molecule has 1 aliphatic heterocycles. The largest absolute Gasteiger partial charge is 0.395 e. The molecular formula is C19H24N4O2. The Bertz CT molecular complexity index is 767. The number of aliphatic hydroxyl groups excluding tert-OH is 1. The number of β-amino-alcohol motifs (C(OH)–C–C–N with tert-alkyl or cyclic N) is 1. The number of ketones is 1. The summed E-state index contributed by atoms with van der Waals surface area (Å²) in [6.45, 7) is 5.50. The van der Waals surface area contributed by atoms with Crippen molar-refractivity contribution in [2.75, 3.05) is 44.8 Å². The van der Waals surface area contributed by atoms with Gasteiger partial charge in [0.2, 0.25) is 0 Å². The van der Waals surface area contributed by atoms with Gasteiger partial charge in [-0.3, -0.25) is 15.1 Å².